The van der Waals surface area contributed by atoms with Crippen LogP contribution in [-0.2, 0) is 21.4 Å². The van der Waals surface area contributed by atoms with Crippen molar-refractivity contribution in [2.45, 2.75) is 19.5 Å². The van der Waals surface area contributed by atoms with Crippen LogP contribution >= 0.6 is 11.3 Å². The number of nitrogens with zero attached hydrogens (tertiary/aromatic N) is 3. The highest BCUT2D eigenvalue weighted by atomic mass is 32.2. The number of rotatable bonds is 8. The van der Waals surface area contributed by atoms with Crippen molar-refractivity contribution in [2.75, 3.05) is 17.7 Å². The Hall–Kier alpha value is -2.92. The smallest absolute Gasteiger partial charge is 0.246 e. The molecule has 0 aliphatic carbocycles. The van der Waals surface area contributed by atoms with Crippen LogP contribution in [0.25, 0.3) is 10.7 Å². The number of ether oxygens (including phenoxy) is 1. The van der Waals surface area contributed by atoms with Crippen LogP contribution in [0, 0.1) is 0 Å². The first-order valence-corrected chi connectivity index (χ1v) is 11.3. The second-order valence-electron chi connectivity index (χ2n) is 6.14. The Labute approximate surface area is 172 Å². The molecule has 3 aromatic rings. The molecule has 2 aromatic heterocycles. The fourth-order valence-corrected chi connectivity index (χ4v) is 4.52. The number of thiophene rings is 1. The van der Waals surface area contributed by atoms with Crippen molar-refractivity contribution in [2.24, 2.45) is 0 Å². The monoisotopic (exact) mass is 436 g/mol. The molecule has 0 fully saturated rings. The molecule has 0 bridgehead atoms. The first-order valence-electron chi connectivity index (χ1n) is 8.57. The summed E-state index contributed by atoms with van der Waals surface area (Å²) in [5.74, 6) is 0.637. The topological polar surface area (TPSA) is 115 Å². The molecule has 0 aliphatic rings. The Kier molecular flexibility index (Phi) is 6.18. The maximum absolute atomic E-state index is 12.6. The van der Waals surface area contributed by atoms with E-state index in [-0.39, 0.29) is 12.4 Å². The zero-order chi connectivity index (χ0) is 21.0. The quantitative estimate of drug-likeness (QED) is 0.576. The van der Waals surface area contributed by atoms with Crippen LogP contribution in [0.15, 0.2) is 46.3 Å². The number of amides is 1. The van der Waals surface area contributed by atoms with Gasteiger partial charge in [-0.3, -0.25) is 9.10 Å². The molecule has 1 aromatic carbocycles. The summed E-state index contributed by atoms with van der Waals surface area (Å²) in [6.45, 7) is 1.48. The molecule has 0 saturated heterocycles. The number of aromatic nitrogens is 2. The van der Waals surface area contributed by atoms with E-state index in [0.29, 0.717) is 17.3 Å². The maximum atomic E-state index is 12.6. The Morgan fingerprint density at radius 1 is 1.34 bits per heavy atom. The highest BCUT2D eigenvalue weighted by Crippen LogP contribution is 2.25. The summed E-state index contributed by atoms with van der Waals surface area (Å²) in [5.41, 5.74) is 0.326. The van der Waals surface area contributed by atoms with Gasteiger partial charge in [0.05, 0.1) is 30.5 Å². The minimum absolute atomic E-state index is 0.0166. The van der Waals surface area contributed by atoms with Crippen molar-refractivity contribution in [3.05, 3.63) is 47.7 Å². The van der Waals surface area contributed by atoms with Crippen molar-refractivity contribution in [1.82, 2.24) is 15.5 Å². The van der Waals surface area contributed by atoms with Gasteiger partial charge in [0.2, 0.25) is 27.6 Å². The van der Waals surface area contributed by atoms with Gasteiger partial charge in [0.25, 0.3) is 0 Å². The molecule has 1 N–H and O–H groups in total. The van der Waals surface area contributed by atoms with E-state index in [1.807, 2.05) is 17.5 Å². The number of methoxy groups -OCH3 is 1. The number of hydrogen-bond donors (Lipinski definition) is 1. The van der Waals surface area contributed by atoms with Gasteiger partial charge in [0.15, 0.2) is 0 Å². The highest BCUT2D eigenvalue weighted by molar-refractivity contribution is 7.92. The van der Waals surface area contributed by atoms with Gasteiger partial charge in [0, 0.05) is 6.07 Å². The molecular weight excluding hydrogens is 416 g/mol. The second-order valence-corrected chi connectivity index (χ2v) is 8.95. The molecule has 0 unspecified atom stereocenters. The zero-order valence-electron chi connectivity index (χ0n) is 16.0. The number of anilines is 1. The summed E-state index contributed by atoms with van der Waals surface area (Å²) < 4.78 is 36.0. The van der Waals surface area contributed by atoms with Gasteiger partial charge in [-0.2, -0.15) is 4.98 Å². The van der Waals surface area contributed by atoms with Crippen LogP contribution < -0.4 is 14.4 Å². The highest BCUT2D eigenvalue weighted by Gasteiger charge is 2.29. The van der Waals surface area contributed by atoms with E-state index in [1.165, 1.54) is 25.4 Å². The van der Waals surface area contributed by atoms with E-state index in [4.69, 9.17) is 9.26 Å². The van der Waals surface area contributed by atoms with E-state index in [0.717, 1.165) is 15.4 Å². The van der Waals surface area contributed by atoms with Crippen LogP contribution in [0.5, 0.6) is 5.75 Å². The number of benzene rings is 1. The van der Waals surface area contributed by atoms with Gasteiger partial charge >= 0.3 is 0 Å². The Morgan fingerprint density at radius 3 is 2.79 bits per heavy atom. The minimum Gasteiger partial charge on any atom is -0.497 e. The van der Waals surface area contributed by atoms with Crippen molar-refractivity contribution in [3.8, 4) is 16.5 Å². The average molecular weight is 437 g/mol. The van der Waals surface area contributed by atoms with Crippen molar-refractivity contribution in [3.63, 3.8) is 0 Å². The lowest BCUT2D eigenvalue weighted by molar-refractivity contribution is -0.122. The Bertz CT molecular complexity index is 1080. The fraction of sp³-hybridized carbons (Fsp3) is 0.278. The average Bonchev–Trinajstić information content (AvgIpc) is 3.36. The number of nitrogens with one attached hydrogen (secondary N) is 1. The Balaban J connectivity index is 1.72. The van der Waals surface area contributed by atoms with E-state index in [2.05, 4.69) is 15.5 Å². The number of carbonyl (C=O) groups is 1. The van der Waals surface area contributed by atoms with Gasteiger partial charge in [-0.15, -0.1) is 11.3 Å². The van der Waals surface area contributed by atoms with Crippen LogP contribution in [0.1, 0.15) is 12.8 Å². The van der Waals surface area contributed by atoms with Crippen molar-refractivity contribution < 1.29 is 22.5 Å². The summed E-state index contributed by atoms with van der Waals surface area (Å²) in [6.07, 6.45) is 1.04. The SMILES string of the molecule is COc1cccc(N([C@H](C)C(=O)NCc2nc(-c3cccs3)no2)S(C)(=O)=O)c1. The van der Waals surface area contributed by atoms with E-state index >= 15 is 0 Å². The Morgan fingerprint density at radius 2 is 2.14 bits per heavy atom. The molecule has 3 rings (SSSR count). The van der Waals surface area contributed by atoms with E-state index in [9.17, 15) is 13.2 Å². The second kappa shape index (κ2) is 8.62. The molecule has 2 heterocycles. The maximum Gasteiger partial charge on any atom is 0.246 e. The fourth-order valence-electron chi connectivity index (χ4n) is 2.70. The molecule has 9 nitrogen and oxygen atoms in total. The van der Waals surface area contributed by atoms with Crippen molar-refractivity contribution >= 4 is 33.0 Å². The third-order valence-electron chi connectivity index (χ3n) is 4.02. The molecule has 1 atom stereocenters. The van der Waals surface area contributed by atoms with E-state index in [1.54, 1.807) is 24.3 Å². The molecule has 1 amide bonds. The third kappa shape index (κ3) is 4.93. The molecule has 0 saturated carbocycles. The van der Waals surface area contributed by atoms with Crippen LogP contribution in [0.4, 0.5) is 5.69 Å². The summed E-state index contributed by atoms with van der Waals surface area (Å²) in [6, 6.07) is 9.22. The summed E-state index contributed by atoms with van der Waals surface area (Å²) in [7, 11) is -2.25. The predicted octanol–water partition coefficient (Wildman–Crippen LogP) is 2.28. The number of carbonyl (C=O) groups excluding carboxylic acids is 1. The van der Waals surface area contributed by atoms with Gasteiger partial charge in [-0.05, 0) is 30.5 Å². The lowest BCUT2D eigenvalue weighted by atomic mass is 10.2. The van der Waals surface area contributed by atoms with Crippen molar-refractivity contribution in [1.29, 1.82) is 0 Å². The first-order chi connectivity index (χ1) is 13.8. The minimum atomic E-state index is -3.73. The molecule has 0 spiro atoms. The molecule has 0 aliphatic heterocycles. The molecule has 29 heavy (non-hydrogen) atoms. The van der Waals surface area contributed by atoms with Gasteiger partial charge in [0.1, 0.15) is 11.8 Å². The molecular formula is C18H20N4O5S2. The summed E-state index contributed by atoms with van der Waals surface area (Å²) in [4.78, 5) is 17.7. The van der Waals surface area contributed by atoms with Gasteiger partial charge < -0.3 is 14.6 Å². The molecule has 154 valence electrons. The lowest BCUT2D eigenvalue weighted by Crippen LogP contribution is -2.47. The predicted molar refractivity (Wildman–Crippen MR) is 109 cm³/mol. The number of sulfonamides is 1. The largest absolute Gasteiger partial charge is 0.497 e. The first kappa shape index (κ1) is 20.8. The summed E-state index contributed by atoms with van der Waals surface area (Å²) in [5, 5.41) is 8.41. The molecule has 11 heteroatoms. The van der Waals surface area contributed by atoms with E-state index < -0.39 is 22.0 Å². The number of hydrogen-bond acceptors (Lipinski definition) is 8. The van der Waals surface area contributed by atoms with Crippen LogP contribution in [-0.4, -0.2) is 43.9 Å². The lowest BCUT2D eigenvalue weighted by Gasteiger charge is -2.28. The van der Waals surface area contributed by atoms with Gasteiger partial charge in [-0.25, -0.2) is 8.42 Å². The van der Waals surface area contributed by atoms with Crippen LogP contribution in [0.2, 0.25) is 0 Å². The molecule has 0 radical (unpaired) electrons. The zero-order valence-corrected chi connectivity index (χ0v) is 17.7. The van der Waals surface area contributed by atoms with Gasteiger partial charge in [-0.1, -0.05) is 17.3 Å². The van der Waals surface area contributed by atoms with Crippen LogP contribution in [0.3, 0.4) is 0 Å². The standard InChI is InChI=1S/C18H20N4O5S2/c1-12(22(29(3,24)25)13-6-4-7-14(10-13)26-2)18(23)19-11-16-20-17(21-27-16)15-8-5-9-28-15/h4-10,12H,11H2,1-3H3,(H,19,23)/t12-/m1/s1. The summed E-state index contributed by atoms with van der Waals surface area (Å²) >= 11 is 1.47. The third-order valence-corrected chi connectivity index (χ3v) is 6.13. The normalized spacial score (nSPS) is 12.4.